The van der Waals surface area contributed by atoms with Crippen LogP contribution in [0.5, 0.6) is 0 Å². The van der Waals surface area contributed by atoms with Crippen molar-refractivity contribution in [3.05, 3.63) is 34.1 Å². The molecule has 1 saturated heterocycles. The molecule has 0 amide bonds. The molecule has 2 atom stereocenters. The van der Waals surface area contributed by atoms with Crippen LogP contribution in [0.25, 0.3) is 0 Å². The van der Waals surface area contributed by atoms with Gasteiger partial charge in [-0.25, -0.2) is 4.39 Å². The van der Waals surface area contributed by atoms with E-state index in [9.17, 15) is 9.50 Å². The third kappa shape index (κ3) is 2.79. The maximum Gasteiger partial charge on any atom is 0.137 e. The van der Waals surface area contributed by atoms with Gasteiger partial charge in [-0.1, -0.05) is 6.07 Å². The van der Waals surface area contributed by atoms with Gasteiger partial charge in [0.25, 0.3) is 0 Å². The molecule has 0 spiro atoms. The van der Waals surface area contributed by atoms with Crippen LogP contribution in [0, 0.1) is 5.82 Å². The van der Waals surface area contributed by atoms with Gasteiger partial charge < -0.3 is 15.2 Å². The van der Waals surface area contributed by atoms with Gasteiger partial charge in [-0.15, -0.1) is 0 Å². The molecule has 2 unspecified atom stereocenters. The molecule has 0 saturated carbocycles. The average Bonchev–Trinajstić information content (AvgIpc) is 2.66. The number of hydrogen-bond acceptors (Lipinski definition) is 3. The van der Waals surface area contributed by atoms with Crippen LogP contribution in [0.15, 0.2) is 22.7 Å². The Morgan fingerprint density at radius 2 is 2.31 bits per heavy atom. The number of aliphatic hydroxyl groups is 1. The molecule has 1 aromatic carbocycles. The quantitative estimate of drug-likeness (QED) is 0.885. The van der Waals surface area contributed by atoms with Crippen molar-refractivity contribution in [3.8, 4) is 0 Å². The highest BCUT2D eigenvalue weighted by atomic mass is 79.9. The zero-order chi connectivity index (χ0) is 11.5. The first-order valence-corrected chi connectivity index (χ1v) is 5.89. The van der Waals surface area contributed by atoms with Gasteiger partial charge in [-0.3, -0.25) is 0 Å². The van der Waals surface area contributed by atoms with Gasteiger partial charge in [-0.05, 0) is 33.6 Å². The van der Waals surface area contributed by atoms with Crippen LogP contribution in [0.1, 0.15) is 5.56 Å². The summed E-state index contributed by atoms with van der Waals surface area (Å²) in [5.41, 5.74) is 0.847. The molecule has 1 aliphatic rings. The lowest BCUT2D eigenvalue weighted by Crippen LogP contribution is -2.38. The van der Waals surface area contributed by atoms with Crippen LogP contribution in [-0.4, -0.2) is 30.5 Å². The first-order chi connectivity index (χ1) is 7.66. The maximum atomic E-state index is 13.2. The molecule has 1 aromatic rings. The predicted octanol–water partition coefficient (Wildman–Crippen LogP) is 1.44. The second kappa shape index (κ2) is 5.23. The number of ether oxygens (including phenoxy) is 1. The van der Waals surface area contributed by atoms with Gasteiger partial charge in [0, 0.05) is 6.54 Å². The third-order valence-electron chi connectivity index (χ3n) is 2.60. The lowest BCUT2D eigenvalue weighted by molar-refractivity contribution is 0.122. The van der Waals surface area contributed by atoms with Crippen LogP contribution >= 0.6 is 15.9 Å². The lowest BCUT2D eigenvalue weighted by atomic mass is 10.2. The number of benzene rings is 1. The van der Waals surface area contributed by atoms with E-state index in [0.717, 1.165) is 5.56 Å². The smallest absolute Gasteiger partial charge is 0.137 e. The summed E-state index contributed by atoms with van der Waals surface area (Å²) >= 11 is 3.10. The number of hydrogen-bond donors (Lipinski definition) is 2. The Bertz CT molecular complexity index is 375. The van der Waals surface area contributed by atoms with E-state index in [-0.39, 0.29) is 11.9 Å². The summed E-state index contributed by atoms with van der Waals surface area (Å²) in [6.45, 7) is 1.39. The SMILES string of the molecule is OC1COCC1NCc1ccc(Br)c(F)c1. The lowest BCUT2D eigenvalue weighted by Gasteiger charge is -2.14. The Labute approximate surface area is 102 Å². The summed E-state index contributed by atoms with van der Waals surface area (Å²) in [6, 6.07) is 4.92. The molecule has 88 valence electrons. The number of halogens is 2. The van der Waals surface area contributed by atoms with E-state index in [1.165, 1.54) is 6.07 Å². The highest BCUT2D eigenvalue weighted by Crippen LogP contribution is 2.16. The molecule has 5 heteroatoms. The van der Waals surface area contributed by atoms with Crippen molar-refractivity contribution >= 4 is 15.9 Å². The van der Waals surface area contributed by atoms with Crippen molar-refractivity contribution in [3.63, 3.8) is 0 Å². The van der Waals surface area contributed by atoms with Crippen molar-refractivity contribution in [2.75, 3.05) is 13.2 Å². The van der Waals surface area contributed by atoms with E-state index in [4.69, 9.17) is 4.74 Å². The zero-order valence-corrected chi connectivity index (χ0v) is 10.2. The van der Waals surface area contributed by atoms with Gasteiger partial charge in [-0.2, -0.15) is 0 Å². The molecule has 2 rings (SSSR count). The van der Waals surface area contributed by atoms with Crippen LogP contribution in [0.2, 0.25) is 0 Å². The molecule has 1 aliphatic heterocycles. The van der Waals surface area contributed by atoms with Gasteiger partial charge in [0.15, 0.2) is 0 Å². The Balaban J connectivity index is 1.91. The number of aliphatic hydroxyl groups excluding tert-OH is 1. The van der Waals surface area contributed by atoms with Crippen molar-refractivity contribution in [2.45, 2.75) is 18.7 Å². The normalized spacial score (nSPS) is 24.9. The minimum Gasteiger partial charge on any atom is -0.389 e. The molecule has 16 heavy (non-hydrogen) atoms. The fraction of sp³-hybridized carbons (Fsp3) is 0.455. The topological polar surface area (TPSA) is 41.5 Å². The summed E-state index contributed by atoms with van der Waals surface area (Å²) in [7, 11) is 0. The number of rotatable bonds is 3. The number of nitrogens with one attached hydrogen (secondary N) is 1. The zero-order valence-electron chi connectivity index (χ0n) is 8.62. The van der Waals surface area contributed by atoms with E-state index >= 15 is 0 Å². The maximum absolute atomic E-state index is 13.2. The van der Waals surface area contributed by atoms with Crippen LogP contribution in [-0.2, 0) is 11.3 Å². The standard InChI is InChI=1S/C11H13BrFNO2/c12-8-2-1-7(3-9(8)13)4-14-10-5-16-6-11(10)15/h1-3,10-11,14-15H,4-6H2. The van der Waals surface area contributed by atoms with E-state index in [1.807, 2.05) is 6.07 Å². The fourth-order valence-electron chi connectivity index (χ4n) is 1.64. The second-order valence-corrected chi connectivity index (χ2v) is 4.69. The highest BCUT2D eigenvalue weighted by molar-refractivity contribution is 9.10. The van der Waals surface area contributed by atoms with Gasteiger partial charge in [0.05, 0.1) is 29.8 Å². The summed E-state index contributed by atoms with van der Waals surface area (Å²) in [5, 5.41) is 12.6. The van der Waals surface area contributed by atoms with Crippen LogP contribution < -0.4 is 5.32 Å². The van der Waals surface area contributed by atoms with Crippen LogP contribution in [0.3, 0.4) is 0 Å². The molecular weight excluding hydrogens is 277 g/mol. The van der Waals surface area contributed by atoms with Crippen molar-refractivity contribution in [2.24, 2.45) is 0 Å². The summed E-state index contributed by atoms with van der Waals surface area (Å²) in [6.07, 6.45) is -0.472. The van der Waals surface area contributed by atoms with Crippen LogP contribution in [0.4, 0.5) is 4.39 Å². The largest absolute Gasteiger partial charge is 0.389 e. The Morgan fingerprint density at radius 3 is 2.94 bits per heavy atom. The molecule has 2 N–H and O–H groups in total. The van der Waals surface area contributed by atoms with E-state index in [1.54, 1.807) is 6.07 Å². The molecule has 1 fully saturated rings. The van der Waals surface area contributed by atoms with Crippen molar-refractivity contribution in [1.29, 1.82) is 0 Å². The van der Waals surface area contributed by atoms with E-state index in [0.29, 0.717) is 24.2 Å². The average molecular weight is 290 g/mol. The first-order valence-electron chi connectivity index (χ1n) is 5.10. The minimum absolute atomic E-state index is 0.0632. The Hall–Kier alpha value is -0.490. The molecule has 0 bridgehead atoms. The minimum atomic E-state index is -0.472. The molecular formula is C11H13BrFNO2. The third-order valence-corrected chi connectivity index (χ3v) is 3.25. The first kappa shape index (κ1) is 12.0. The molecule has 0 radical (unpaired) electrons. The molecule has 0 aromatic heterocycles. The summed E-state index contributed by atoms with van der Waals surface area (Å²) < 4.78 is 18.8. The molecule has 1 heterocycles. The highest BCUT2D eigenvalue weighted by Gasteiger charge is 2.25. The van der Waals surface area contributed by atoms with E-state index < -0.39 is 6.10 Å². The van der Waals surface area contributed by atoms with Gasteiger partial charge >= 0.3 is 0 Å². The monoisotopic (exact) mass is 289 g/mol. The van der Waals surface area contributed by atoms with Gasteiger partial charge in [0.2, 0.25) is 0 Å². The molecule has 0 aliphatic carbocycles. The Kier molecular flexibility index (Phi) is 3.91. The van der Waals surface area contributed by atoms with E-state index in [2.05, 4.69) is 21.2 Å². The molecule has 3 nitrogen and oxygen atoms in total. The second-order valence-electron chi connectivity index (χ2n) is 3.84. The fourth-order valence-corrected chi connectivity index (χ4v) is 1.88. The summed E-state index contributed by atoms with van der Waals surface area (Å²) in [5.74, 6) is -0.275. The van der Waals surface area contributed by atoms with Crippen molar-refractivity contribution in [1.82, 2.24) is 5.32 Å². The Morgan fingerprint density at radius 1 is 1.50 bits per heavy atom. The van der Waals surface area contributed by atoms with Gasteiger partial charge in [0.1, 0.15) is 5.82 Å². The van der Waals surface area contributed by atoms with Crippen molar-refractivity contribution < 1.29 is 14.2 Å². The predicted molar refractivity (Wildman–Crippen MR) is 61.6 cm³/mol. The summed E-state index contributed by atoms with van der Waals surface area (Å²) in [4.78, 5) is 0.